The van der Waals surface area contributed by atoms with Crippen LogP contribution in [-0.4, -0.2) is 43.8 Å². The van der Waals surface area contributed by atoms with Crippen molar-refractivity contribution >= 4 is 40.9 Å². The van der Waals surface area contributed by atoms with Crippen molar-refractivity contribution < 1.29 is 13.9 Å². The molecule has 3 rings (SSSR count). The van der Waals surface area contributed by atoms with Gasteiger partial charge in [-0.1, -0.05) is 12.1 Å². The van der Waals surface area contributed by atoms with Gasteiger partial charge in [-0.25, -0.2) is 4.99 Å². The fourth-order valence-electron chi connectivity index (χ4n) is 2.68. The maximum atomic E-state index is 6.08. The Morgan fingerprint density at radius 1 is 1.43 bits per heavy atom. The van der Waals surface area contributed by atoms with Crippen molar-refractivity contribution in [2.45, 2.75) is 19.6 Å². The molecule has 1 aromatic carbocycles. The van der Waals surface area contributed by atoms with E-state index < -0.39 is 0 Å². The van der Waals surface area contributed by atoms with Crippen molar-refractivity contribution in [3.8, 4) is 5.75 Å². The Bertz CT molecular complexity index is 686. The first-order valence-corrected chi connectivity index (χ1v) is 7.40. The Balaban J connectivity index is 0.00000192. The van der Waals surface area contributed by atoms with E-state index in [1.54, 1.807) is 7.11 Å². The summed E-state index contributed by atoms with van der Waals surface area (Å²) in [6.45, 7) is 4.58. The van der Waals surface area contributed by atoms with E-state index in [-0.39, 0.29) is 30.1 Å². The van der Waals surface area contributed by atoms with Gasteiger partial charge in [-0.05, 0) is 19.1 Å². The highest BCUT2D eigenvalue weighted by atomic mass is 127. The number of hydrogen-bond donors (Lipinski definition) is 1. The van der Waals surface area contributed by atoms with Crippen LogP contribution in [0, 0.1) is 0 Å². The van der Waals surface area contributed by atoms with E-state index in [4.69, 9.17) is 19.6 Å². The quantitative estimate of drug-likeness (QED) is 0.460. The molecule has 1 unspecified atom stereocenters. The zero-order valence-electron chi connectivity index (χ0n) is 13.3. The zero-order valence-corrected chi connectivity index (χ0v) is 15.7. The molecule has 1 saturated heterocycles. The van der Waals surface area contributed by atoms with Crippen LogP contribution in [0.2, 0.25) is 0 Å². The van der Waals surface area contributed by atoms with Crippen molar-refractivity contribution in [1.82, 2.24) is 4.90 Å². The average molecular weight is 431 g/mol. The highest BCUT2D eigenvalue weighted by Gasteiger charge is 2.19. The molecule has 2 heterocycles. The molecule has 0 bridgehead atoms. The summed E-state index contributed by atoms with van der Waals surface area (Å²) in [5.41, 5.74) is 6.88. The Labute approximate surface area is 152 Å². The van der Waals surface area contributed by atoms with Crippen molar-refractivity contribution in [3.05, 3.63) is 30.0 Å². The maximum absolute atomic E-state index is 6.08. The number of guanidine groups is 1. The molecule has 0 saturated carbocycles. The first kappa shape index (κ1) is 17.9. The number of nitrogens with zero attached hydrogens (tertiary/aromatic N) is 2. The Morgan fingerprint density at radius 2 is 2.22 bits per heavy atom. The number of morpholine rings is 1. The van der Waals surface area contributed by atoms with E-state index in [0.717, 1.165) is 29.8 Å². The van der Waals surface area contributed by atoms with Gasteiger partial charge in [-0.15, -0.1) is 24.0 Å². The first-order valence-electron chi connectivity index (χ1n) is 7.40. The average Bonchev–Trinajstić information content (AvgIpc) is 2.90. The van der Waals surface area contributed by atoms with Gasteiger partial charge in [0.1, 0.15) is 12.1 Å². The second-order valence-electron chi connectivity index (χ2n) is 5.36. The van der Waals surface area contributed by atoms with Crippen LogP contribution in [-0.2, 0) is 11.3 Å². The summed E-state index contributed by atoms with van der Waals surface area (Å²) >= 11 is 0. The van der Waals surface area contributed by atoms with Gasteiger partial charge in [0.15, 0.2) is 17.5 Å². The summed E-state index contributed by atoms with van der Waals surface area (Å²) in [7, 11) is 1.64. The normalized spacial score (nSPS) is 18.8. The fourth-order valence-corrected chi connectivity index (χ4v) is 2.68. The number of ether oxygens (including phenoxy) is 2. The second-order valence-corrected chi connectivity index (χ2v) is 5.36. The van der Waals surface area contributed by atoms with E-state index in [1.807, 2.05) is 36.1 Å². The van der Waals surface area contributed by atoms with Crippen LogP contribution in [0.1, 0.15) is 12.7 Å². The number of halogens is 1. The summed E-state index contributed by atoms with van der Waals surface area (Å²) in [5.74, 6) is 1.92. The molecule has 6 nitrogen and oxygen atoms in total. The number of methoxy groups -OCH3 is 1. The minimum Gasteiger partial charge on any atom is -0.492 e. The fraction of sp³-hybridized carbons (Fsp3) is 0.438. The van der Waals surface area contributed by atoms with Crippen LogP contribution < -0.4 is 10.5 Å². The lowest BCUT2D eigenvalue weighted by molar-refractivity contribution is 0.00528. The number of para-hydroxylation sites is 1. The highest BCUT2D eigenvalue weighted by Crippen LogP contribution is 2.33. The topological polar surface area (TPSA) is 73.2 Å². The molecule has 1 aliphatic heterocycles. The largest absolute Gasteiger partial charge is 0.492 e. The molecule has 2 N–H and O–H groups in total. The van der Waals surface area contributed by atoms with Crippen molar-refractivity contribution in [2.24, 2.45) is 10.7 Å². The third kappa shape index (κ3) is 3.89. The molecule has 0 aliphatic carbocycles. The molecule has 0 spiro atoms. The van der Waals surface area contributed by atoms with E-state index in [2.05, 4.69) is 4.99 Å². The van der Waals surface area contributed by atoms with Crippen molar-refractivity contribution in [3.63, 3.8) is 0 Å². The first-order chi connectivity index (χ1) is 10.7. The lowest BCUT2D eigenvalue weighted by atomic mass is 10.2. The predicted octanol–water partition coefficient (Wildman–Crippen LogP) is 2.59. The van der Waals surface area contributed by atoms with E-state index in [1.165, 1.54) is 0 Å². The monoisotopic (exact) mass is 431 g/mol. The minimum atomic E-state index is 0. The molecule has 0 radical (unpaired) electrons. The van der Waals surface area contributed by atoms with Gasteiger partial charge in [0, 0.05) is 13.1 Å². The third-order valence-corrected chi connectivity index (χ3v) is 3.77. The molecule has 7 heteroatoms. The van der Waals surface area contributed by atoms with Crippen molar-refractivity contribution in [2.75, 3.05) is 26.8 Å². The summed E-state index contributed by atoms with van der Waals surface area (Å²) in [6.07, 6.45) is 0.170. The maximum Gasteiger partial charge on any atom is 0.191 e. The molecular weight excluding hydrogens is 409 g/mol. The number of rotatable bonds is 3. The summed E-state index contributed by atoms with van der Waals surface area (Å²) in [4.78, 5) is 6.48. The molecule has 1 atom stereocenters. The Kier molecular flexibility index (Phi) is 6.11. The van der Waals surface area contributed by atoms with Crippen molar-refractivity contribution in [1.29, 1.82) is 0 Å². The number of benzene rings is 1. The van der Waals surface area contributed by atoms with Crippen LogP contribution in [0.4, 0.5) is 0 Å². The molecule has 1 fully saturated rings. The highest BCUT2D eigenvalue weighted by molar-refractivity contribution is 14.0. The Hall–Kier alpha value is -1.48. The number of furan rings is 1. The van der Waals surface area contributed by atoms with E-state index >= 15 is 0 Å². The van der Waals surface area contributed by atoms with Crippen LogP contribution >= 0.6 is 24.0 Å². The van der Waals surface area contributed by atoms with Gasteiger partial charge in [0.05, 0.1) is 25.2 Å². The third-order valence-electron chi connectivity index (χ3n) is 3.77. The number of fused-ring (bicyclic) bond motifs is 1. The molecule has 2 aromatic rings. The molecule has 1 aromatic heterocycles. The zero-order chi connectivity index (χ0) is 15.5. The van der Waals surface area contributed by atoms with Gasteiger partial charge in [-0.2, -0.15) is 0 Å². The van der Waals surface area contributed by atoms with Gasteiger partial charge < -0.3 is 24.5 Å². The van der Waals surface area contributed by atoms with Gasteiger partial charge in [-0.3, -0.25) is 0 Å². The van der Waals surface area contributed by atoms with E-state index in [9.17, 15) is 0 Å². The summed E-state index contributed by atoms with van der Waals surface area (Å²) in [6, 6.07) is 7.77. The lowest BCUT2D eigenvalue weighted by Gasteiger charge is -2.31. The van der Waals surface area contributed by atoms with Gasteiger partial charge in [0.2, 0.25) is 0 Å². The van der Waals surface area contributed by atoms with Crippen LogP contribution in [0.25, 0.3) is 11.0 Å². The van der Waals surface area contributed by atoms with Gasteiger partial charge in [0.25, 0.3) is 0 Å². The predicted molar refractivity (Wildman–Crippen MR) is 100 cm³/mol. The van der Waals surface area contributed by atoms with Crippen LogP contribution in [0.5, 0.6) is 5.75 Å². The summed E-state index contributed by atoms with van der Waals surface area (Å²) in [5, 5.41) is 0.953. The Morgan fingerprint density at radius 3 is 2.96 bits per heavy atom. The summed E-state index contributed by atoms with van der Waals surface area (Å²) < 4.78 is 16.8. The molecule has 126 valence electrons. The van der Waals surface area contributed by atoms with Gasteiger partial charge >= 0.3 is 0 Å². The number of hydrogen-bond acceptors (Lipinski definition) is 4. The molecule has 0 amide bonds. The van der Waals surface area contributed by atoms with E-state index in [0.29, 0.717) is 24.9 Å². The van der Waals surface area contributed by atoms with Crippen LogP contribution in [0.3, 0.4) is 0 Å². The standard InChI is InChI=1S/C16H21N3O3.HI/c1-11-10-19(7-8-21-11)16(17)18-9-14-15(20-2)12-5-3-4-6-13(12)22-14;/h3-6,11H,7-10H2,1-2H3,(H2,17,18);1H. The smallest absolute Gasteiger partial charge is 0.191 e. The molecule has 23 heavy (non-hydrogen) atoms. The molecule has 1 aliphatic rings. The number of nitrogens with two attached hydrogens (primary N) is 1. The molecular formula is C16H22IN3O3. The SMILES string of the molecule is COc1c(CN=C(N)N2CCOC(C)C2)oc2ccccc12.I. The number of aliphatic imine (C=N–C) groups is 1. The minimum absolute atomic E-state index is 0. The second kappa shape index (κ2) is 7.87. The van der Waals surface area contributed by atoms with Crippen LogP contribution in [0.15, 0.2) is 33.7 Å². The lowest BCUT2D eigenvalue weighted by Crippen LogP contribution is -2.47.